The van der Waals surface area contributed by atoms with Crippen LogP contribution in [0.1, 0.15) is 43.0 Å². The summed E-state index contributed by atoms with van der Waals surface area (Å²) in [5.41, 5.74) is -0.547. The second-order valence-electron chi connectivity index (χ2n) is 5.14. The Morgan fingerprint density at radius 1 is 1.21 bits per heavy atom. The summed E-state index contributed by atoms with van der Waals surface area (Å²) in [5, 5.41) is 0. The van der Waals surface area contributed by atoms with Crippen LogP contribution in [0.5, 0.6) is 5.75 Å². The van der Waals surface area contributed by atoms with Gasteiger partial charge >= 0.3 is 6.36 Å². The molecule has 1 aromatic rings. The molecule has 2 nitrogen and oxygen atoms in total. The van der Waals surface area contributed by atoms with Gasteiger partial charge in [-0.1, -0.05) is 31.9 Å². The van der Waals surface area contributed by atoms with Crippen molar-refractivity contribution in [2.75, 3.05) is 0 Å². The van der Waals surface area contributed by atoms with Crippen LogP contribution in [-0.2, 0) is 0 Å². The number of benzene rings is 1. The molecular formula is C14H15F3O2. The molecule has 0 atom stereocenters. The highest BCUT2D eigenvalue weighted by Crippen LogP contribution is 2.42. The molecule has 1 aliphatic rings. The van der Waals surface area contributed by atoms with Crippen LogP contribution < -0.4 is 4.74 Å². The molecule has 1 aliphatic carbocycles. The standard InChI is InChI=1S/C14H15F3O2/c1-13(8-4-5-9-13)12(18)10-6-2-3-7-11(10)19-14(15,16)17/h2-3,6-7H,4-5,8-9H2,1H3. The predicted octanol–water partition coefficient (Wildman–Crippen LogP) is 4.35. The Bertz CT molecular complexity index is 474. The van der Waals surface area contributed by atoms with Gasteiger partial charge in [0, 0.05) is 5.41 Å². The molecule has 0 radical (unpaired) electrons. The Labute approximate surface area is 109 Å². The largest absolute Gasteiger partial charge is 0.573 e. The van der Waals surface area contributed by atoms with E-state index in [4.69, 9.17) is 0 Å². The number of Topliss-reactive ketones (excluding diaryl/α,β-unsaturated/α-hetero) is 1. The van der Waals surface area contributed by atoms with Crippen molar-refractivity contribution >= 4 is 5.78 Å². The first-order valence-electron chi connectivity index (χ1n) is 6.21. The van der Waals surface area contributed by atoms with Crippen LogP contribution in [0, 0.1) is 5.41 Å². The second kappa shape index (κ2) is 4.87. The normalized spacial score (nSPS) is 18.3. The first-order chi connectivity index (χ1) is 8.82. The summed E-state index contributed by atoms with van der Waals surface area (Å²) in [4.78, 5) is 12.4. The van der Waals surface area contributed by atoms with E-state index in [-0.39, 0.29) is 11.3 Å². The van der Waals surface area contributed by atoms with Crippen molar-refractivity contribution < 1.29 is 22.7 Å². The lowest BCUT2D eigenvalue weighted by Crippen LogP contribution is -2.26. The SMILES string of the molecule is CC1(C(=O)c2ccccc2OC(F)(F)F)CCCC1. The number of rotatable bonds is 3. The van der Waals surface area contributed by atoms with E-state index in [1.165, 1.54) is 18.2 Å². The zero-order valence-corrected chi connectivity index (χ0v) is 10.6. The summed E-state index contributed by atoms with van der Waals surface area (Å²) in [7, 11) is 0. The number of ketones is 1. The van der Waals surface area contributed by atoms with Crippen molar-refractivity contribution in [3.8, 4) is 5.75 Å². The van der Waals surface area contributed by atoms with Gasteiger partial charge in [0.1, 0.15) is 5.75 Å². The topological polar surface area (TPSA) is 26.3 Å². The number of ether oxygens (including phenoxy) is 1. The minimum Gasteiger partial charge on any atom is -0.405 e. The number of alkyl halides is 3. The van der Waals surface area contributed by atoms with Crippen LogP contribution in [0.25, 0.3) is 0 Å². The number of para-hydroxylation sites is 1. The lowest BCUT2D eigenvalue weighted by molar-refractivity contribution is -0.274. The first kappa shape index (κ1) is 13.9. The Kier molecular flexibility index (Phi) is 3.56. The van der Waals surface area contributed by atoms with Gasteiger partial charge in [-0.25, -0.2) is 0 Å². The molecule has 0 saturated heterocycles. The van der Waals surface area contributed by atoms with Crippen LogP contribution in [0.3, 0.4) is 0 Å². The van der Waals surface area contributed by atoms with Crippen LogP contribution >= 0.6 is 0 Å². The van der Waals surface area contributed by atoms with E-state index in [0.717, 1.165) is 12.8 Å². The highest BCUT2D eigenvalue weighted by atomic mass is 19.4. The van der Waals surface area contributed by atoms with Crippen LogP contribution in [0.4, 0.5) is 13.2 Å². The van der Waals surface area contributed by atoms with Gasteiger partial charge in [0.05, 0.1) is 5.56 Å². The Morgan fingerprint density at radius 2 is 1.79 bits per heavy atom. The molecule has 0 unspecified atom stereocenters. The van der Waals surface area contributed by atoms with E-state index in [2.05, 4.69) is 4.74 Å². The molecule has 0 heterocycles. The summed E-state index contributed by atoms with van der Waals surface area (Å²) >= 11 is 0. The molecule has 1 saturated carbocycles. The van der Waals surface area contributed by atoms with Gasteiger partial charge in [0.15, 0.2) is 5.78 Å². The van der Waals surface area contributed by atoms with Crippen molar-refractivity contribution in [1.82, 2.24) is 0 Å². The maximum atomic E-state index is 12.4. The summed E-state index contributed by atoms with van der Waals surface area (Å²) in [6.45, 7) is 1.81. The molecule has 0 amide bonds. The fourth-order valence-electron chi connectivity index (χ4n) is 2.58. The molecule has 5 heteroatoms. The number of carbonyl (C=O) groups is 1. The Balaban J connectivity index is 2.32. The predicted molar refractivity (Wildman–Crippen MR) is 64.0 cm³/mol. The zero-order chi connectivity index (χ0) is 14.1. The minimum absolute atomic E-state index is 0.0178. The van der Waals surface area contributed by atoms with E-state index in [1.54, 1.807) is 6.07 Å². The number of hydrogen-bond acceptors (Lipinski definition) is 2. The number of hydrogen-bond donors (Lipinski definition) is 0. The highest BCUT2D eigenvalue weighted by molar-refractivity contribution is 6.02. The van der Waals surface area contributed by atoms with E-state index >= 15 is 0 Å². The Hall–Kier alpha value is -1.52. The summed E-state index contributed by atoms with van der Waals surface area (Å²) in [6, 6.07) is 5.55. The average molecular weight is 272 g/mol. The fourth-order valence-corrected chi connectivity index (χ4v) is 2.58. The molecule has 2 rings (SSSR count). The zero-order valence-electron chi connectivity index (χ0n) is 10.6. The van der Waals surface area contributed by atoms with E-state index in [9.17, 15) is 18.0 Å². The van der Waals surface area contributed by atoms with Crippen LogP contribution in [0.15, 0.2) is 24.3 Å². The monoisotopic (exact) mass is 272 g/mol. The maximum Gasteiger partial charge on any atom is 0.573 e. The Morgan fingerprint density at radius 3 is 2.37 bits per heavy atom. The third kappa shape index (κ3) is 3.08. The quantitative estimate of drug-likeness (QED) is 0.765. The number of halogens is 3. The van der Waals surface area contributed by atoms with Gasteiger partial charge in [-0.15, -0.1) is 13.2 Å². The third-order valence-corrected chi connectivity index (χ3v) is 3.61. The molecule has 104 valence electrons. The van der Waals surface area contributed by atoms with E-state index < -0.39 is 17.5 Å². The average Bonchev–Trinajstić information content (AvgIpc) is 2.75. The molecule has 1 aromatic carbocycles. The summed E-state index contributed by atoms with van der Waals surface area (Å²) in [5.74, 6) is -0.669. The van der Waals surface area contributed by atoms with Crippen LogP contribution in [-0.4, -0.2) is 12.1 Å². The molecule has 19 heavy (non-hydrogen) atoms. The molecule has 0 aromatic heterocycles. The van der Waals surface area contributed by atoms with Gasteiger partial charge in [-0.3, -0.25) is 4.79 Å². The smallest absolute Gasteiger partial charge is 0.405 e. The first-order valence-corrected chi connectivity index (χ1v) is 6.21. The van der Waals surface area contributed by atoms with Gasteiger partial charge in [-0.2, -0.15) is 0 Å². The van der Waals surface area contributed by atoms with Gasteiger partial charge in [-0.05, 0) is 25.0 Å². The minimum atomic E-state index is -4.78. The lowest BCUT2D eigenvalue weighted by atomic mass is 9.80. The molecule has 0 N–H and O–H groups in total. The number of carbonyl (C=O) groups excluding carboxylic acids is 1. The third-order valence-electron chi connectivity index (χ3n) is 3.61. The maximum absolute atomic E-state index is 12.4. The van der Waals surface area contributed by atoms with E-state index in [0.29, 0.717) is 12.8 Å². The molecular weight excluding hydrogens is 257 g/mol. The molecule has 1 fully saturated rings. The molecule has 0 aliphatic heterocycles. The summed E-state index contributed by atoms with van der Waals surface area (Å²) in [6.07, 6.45) is -1.49. The van der Waals surface area contributed by atoms with E-state index in [1.807, 2.05) is 6.92 Å². The fraction of sp³-hybridized carbons (Fsp3) is 0.500. The van der Waals surface area contributed by atoms with Gasteiger partial charge in [0.2, 0.25) is 0 Å². The molecule has 0 bridgehead atoms. The van der Waals surface area contributed by atoms with Gasteiger partial charge in [0.25, 0.3) is 0 Å². The van der Waals surface area contributed by atoms with Crippen molar-refractivity contribution in [1.29, 1.82) is 0 Å². The molecule has 0 spiro atoms. The lowest BCUT2D eigenvalue weighted by Gasteiger charge is -2.23. The van der Waals surface area contributed by atoms with Crippen molar-refractivity contribution in [2.24, 2.45) is 5.41 Å². The van der Waals surface area contributed by atoms with Crippen molar-refractivity contribution in [3.63, 3.8) is 0 Å². The highest BCUT2D eigenvalue weighted by Gasteiger charge is 2.39. The van der Waals surface area contributed by atoms with Gasteiger partial charge < -0.3 is 4.74 Å². The van der Waals surface area contributed by atoms with Crippen molar-refractivity contribution in [2.45, 2.75) is 39.0 Å². The second-order valence-corrected chi connectivity index (χ2v) is 5.14. The van der Waals surface area contributed by atoms with Crippen molar-refractivity contribution in [3.05, 3.63) is 29.8 Å². The summed E-state index contributed by atoms with van der Waals surface area (Å²) < 4.78 is 40.9. The van der Waals surface area contributed by atoms with Crippen LogP contribution in [0.2, 0.25) is 0 Å².